The van der Waals surface area contributed by atoms with Gasteiger partial charge >= 0.3 is 0 Å². The van der Waals surface area contributed by atoms with Crippen molar-refractivity contribution in [1.29, 1.82) is 0 Å². The first-order valence-electron chi connectivity index (χ1n) is 15.0. The predicted octanol–water partition coefficient (Wildman–Crippen LogP) is 8.04. The van der Waals surface area contributed by atoms with Crippen molar-refractivity contribution in [1.82, 2.24) is 4.90 Å². The van der Waals surface area contributed by atoms with Crippen molar-refractivity contribution >= 4 is 57.6 Å². The normalized spacial score (nSPS) is 13.5. The summed E-state index contributed by atoms with van der Waals surface area (Å²) >= 11 is 6.62. The standard InChI is InChI=1S/C36H32Br2N2O6S2/c1-45-35-21-28-19-20-39(24-29(28)22-36(35)46-2)23-25-3-5-26(6-4-25)27-7-13-32(14-8-27)40(47(41,42)33-15-9-30(37)10-16-33)48(43,44)34-17-11-31(38)12-18-34/h3-18,21-22H,19-20,23-24H2,1-2H3. The van der Waals surface area contributed by atoms with Gasteiger partial charge in [-0.05, 0) is 107 Å². The second kappa shape index (κ2) is 14.0. The van der Waals surface area contributed by atoms with Crippen LogP contribution in [0, 0.1) is 0 Å². The molecule has 0 saturated heterocycles. The minimum absolute atomic E-state index is 0.000776. The Balaban J connectivity index is 1.24. The molecule has 0 unspecified atom stereocenters. The number of ether oxygens (including phenoxy) is 2. The summed E-state index contributed by atoms with van der Waals surface area (Å²) in [4.78, 5) is 2.09. The fourth-order valence-electron chi connectivity index (χ4n) is 5.72. The van der Waals surface area contributed by atoms with E-state index in [2.05, 4.69) is 61.0 Å². The smallest absolute Gasteiger partial charge is 0.277 e. The zero-order chi connectivity index (χ0) is 34.1. The number of nitrogens with zero attached hydrogens (tertiary/aromatic N) is 2. The molecule has 0 amide bonds. The summed E-state index contributed by atoms with van der Waals surface area (Å²) in [6, 6.07) is 30.5. The lowest BCUT2D eigenvalue weighted by atomic mass is 9.98. The molecule has 1 aliphatic rings. The van der Waals surface area contributed by atoms with Crippen LogP contribution in [0.5, 0.6) is 11.5 Å². The van der Waals surface area contributed by atoms with Crippen LogP contribution in [0.15, 0.2) is 128 Å². The highest BCUT2D eigenvalue weighted by molar-refractivity contribution is 9.10. The van der Waals surface area contributed by atoms with E-state index in [1.54, 1.807) is 50.6 Å². The minimum Gasteiger partial charge on any atom is -0.493 e. The third-order valence-corrected chi connectivity index (χ3v) is 13.5. The Morgan fingerprint density at radius 1 is 0.646 bits per heavy atom. The highest BCUT2D eigenvalue weighted by atomic mass is 79.9. The van der Waals surface area contributed by atoms with Crippen molar-refractivity contribution in [3.05, 3.63) is 135 Å². The topological polar surface area (TPSA) is 93.2 Å². The van der Waals surface area contributed by atoms with Crippen LogP contribution in [0.3, 0.4) is 0 Å². The van der Waals surface area contributed by atoms with Gasteiger partial charge in [-0.15, -0.1) is 0 Å². The summed E-state index contributed by atoms with van der Waals surface area (Å²) in [5.74, 6) is 1.48. The molecule has 12 heteroatoms. The number of hydrogen-bond acceptors (Lipinski definition) is 7. The quantitative estimate of drug-likeness (QED) is 0.141. The summed E-state index contributed by atoms with van der Waals surface area (Å²) in [6.07, 6.45) is 0.923. The van der Waals surface area contributed by atoms with Gasteiger partial charge in [0, 0.05) is 28.6 Å². The van der Waals surface area contributed by atoms with Gasteiger partial charge in [-0.25, -0.2) is 16.8 Å². The van der Waals surface area contributed by atoms with Crippen LogP contribution in [-0.4, -0.2) is 42.5 Å². The van der Waals surface area contributed by atoms with E-state index >= 15 is 0 Å². The van der Waals surface area contributed by atoms with Gasteiger partial charge in [0.2, 0.25) is 0 Å². The van der Waals surface area contributed by atoms with Crippen LogP contribution in [0.1, 0.15) is 16.7 Å². The fraction of sp³-hybridized carbons (Fsp3) is 0.167. The molecule has 1 heterocycles. The van der Waals surface area contributed by atoms with E-state index in [0.717, 1.165) is 54.2 Å². The molecule has 8 nitrogen and oxygen atoms in total. The van der Waals surface area contributed by atoms with E-state index in [1.165, 1.54) is 47.5 Å². The van der Waals surface area contributed by atoms with E-state index in [9.17, 15) is 16.8 Å². The number of rotatable bonds is 10. The molecule has 5 aromatic carbocycles. The maximum absolute atomic E-state index is 13.9. The van der Waals surface area contributed by atoms with Crippen molar-refractivity contribution in [3.8, 4) is 22.6 Å². The van der Waals surface area contributed by atoms with Gasteiger partial charge in [-0.2, -0.15) is 3.71 Å². The second-order valence-corrected chi connectivity index (χ2v) is 16.9. The first-order valence-corrected chi connectivity index (χ1v) is 19.4. The zero-order valence-electron chi connectivity index (χ0n) is 26.1. The van der Waals surface area contributed by atoms with Gasteiger partial charge in [0.25, 0.3) is 20.0 Å². The summed E-state index contributed by atoms with van der Waals surface area (Å²) in [5, 5.41) is 0. The Labute approximate surface area is 298 Å². The molecule has 0 aliphatic carbocycles. The van der Waals surface area contributed by atoms with E-state index in [0.29, 0.717) is 12.7 Å². The van der Waals surface area contributed by atoms with E-state index in [4.69, 9.17) is 9.47 Å². The van der Waals surface area contributed by atoms with Crippen molar-refractivity contribution in [2.24, 2.45) is 0 Å². The maximum Gasteiger partial charge on any atom is 0.277 e. The van der Waals surface area contributed by atoms with Crippen molar-refractivity contribution in [3.63, 3.8) is 0 Å². The lowest BCUT2D eigenvalue weighted by Gasteiger charge is -2.29. The fourth-order valence-corrected chi connectivity index (χ4v) is 9.94. The molecule has 0 atom stereocenters. The number of anilines is 1. The van der Waals surface area contributed by atoms with Gasteiger partial charge in [-0.3, -0.25) is 4.90 Å². The average Bonchev–Trinajstić information content (AvgIpc) is 3.08. The van der Waals surface area contributed by atoms with Gasteiger partial charge in [-0.1, -0.05) is 68.3 Å². The molecule has 0 N–H and O–H groups in total. The minimum atomic E-state index is -4.52. The lowest BCUT2D eigenvalue weighted by Crippen LogP contribution is -2.37. The Morgan fingerprint density at radius 2 is 1.10 bits per heavy atom. The van der Waals surface area contributed by atoms with E-state index < -0.39 is 20.0 Å². The molecule has 0 bridgehead atoms. The lowest BCUT2D eigenvalue weighted by molar-refractivity contribution is 0.244. The Hall–Kier alpha value is -3.68. The van der Waals surface area contributed by atoms with Gasteiger partial charge < -0.3 is 9.47 Å². The molecular weight excluding hydrogens is 780 g/mol. The third kappa shape index (κ3) is 7.04. The summed E-state index contributed by atoms with van der Waals surface area (Å²) in [5.41, 5.74) is 5.40. The Morgan fingerprint density at radius 3 is 1.58 bits per heavy atom. The van der Waals surface area contributed by atoms with Crippen LogP contribution >= 0.6 is 31.9 Å². The third-order valence-electron chi connectivity index (χ3n) is 8.23. The molecule has 0 spiro atoms. The highest BCUT2D eigenvalue weighted by Crippen LogP contribution is 2.35. The molecule has 5 aromatic rings. The molecule has 6 rings (SSSR count). The first kappa shape index (κ1) is 34.2. The van der Waals surface area contributed by atoms with Crippen molar-refractivity contribution in [2.45, 2.75) is 29.3 Å². The molecular formula is C36H32Br2N2O6S2. The van der Waals surface area contributed by atoms with Gasteiger partial charge in [0.05, 0.1) is 29.7 Å². The van der Waals surface area contributed by atoms with E-state index in [1.807, 2.05) is 12.1 Å². The van der Waals surface area contributed by atoms with Gasteiger partial charge in [0.15, 0.2) is 11.5 Å². The monoisotopic (exact) mass is 810 g/mol. The molecule has 1 aliphatic heterocycles. The summed E-state index contributed by atoms with van der Waals surface area (Å²) in [6.45, 7) is 2.51. The van der Waals surface area contributed by atoms with Crippen molar-refractivity contribution < 1.29 is 26.3 Å². The number of methoxy groups -OCH3 is 2. The highest BCUT2D eigenvalue weighted by Gasteiger charge is 2.37. The summed E-state index contributed by atoms with van der Waals surface area (Å²) < 4.78 is 68.5. The SMILES string of the molecule is COc1cc2c(cc1OC)CN(Cc1ccc(-c3ccc(N(S(=O)(=O)c4ccc(Br)cc4)S(=O)(=O)c4ccc(Br)cc4)cc3)cc1)CC2. The van der Waals surface area contributed by atoms with Crippen molar-refractivity contribution in [2.75, 3.05) is 24.5 Å². The molecule has 0 radical (unpaired) electrons. The van der Waals surface area contributed by atoms with Crippen LogP contribution in [-0.2, 0) is 39.6 Å². The first-order chi connectivity index (χ1) is 23.0. The molecule has 0 fully saturated rings. The molecule has 248 valence electrons. The second-order valence-electron chi connectivity index (χ2n) is 11.3. The summed E-state index contributed by atoms with van der Waals surface area (Å²) in [7, 11) is -5.73. The number of fused-ring (bicyclic) bond motifs is 1. The predicted molar refractivity (Wildman–Crippen MR) is 194 cm³/mol. The molecule has 0 aromatic heterocycles. The largest absolute Gasteiger partial charge is 0.493 e. The number of sulfonamides is 2. The number of benzene rings is 5. The van der Waals surface area contributed by atoms with Gasteiger partial charge in [0.1, 0.15) is 0 Å². The van der Waals surface area contributed by atoms with Crippen LogP contribution in [0.25, 0.3) is 11.1 Å². The zero-order valence-corrected chi connectivity index (χ0v) is 30.9. The van der Waals surface area contributed by atoms with E-state index in [-0.39, 0.29) is 15.5 Å². The maximum atomic E-state index is 13.9. The van der Waals surface area contributed by atoms with Crippen LogP contribution in [0.4, 0.5) is 5.69 Å². The molecule has 0 saturated carbocycles. The average molecular weight is 813 g/mol. The Kier molecular flexibility index (Phi) is 10.0. The van der Waals surface area contributed by atoms with Crippen LogP contribution < -0.4 is 13.2 Å². The Bertz CT molecular complexity index is 2070. The molecule has 48 heavy (non-hydrogen) atoms. The number of halogens is 2. The number of hydrogen-bond donors (Lipinski definition) is 0. The van der Waals surface area contributed by atoms with Crippen LogP contribution in [0.2, 0.25) is 0 Å².